The molecule has 0 saturated carbocycles. The molecule has 0 unspecified atom stereocenters. The number of rotatable bonds is 7. The maximum atomic E-state index is 12.9. The summed E-state index contributed by atoms with van der Waals surface area (Å²) >= 11 is 0. The van der Waals surface area contributed by atoms with Crippen molar-refractivity contribution in [2.75, 3.05) is 51.6 Å². The van der Waals surface area contributed by atoms with Gasteiger partial charge in [0, 0.05) is 38.4 Å². The first-order chi connectivity index (χ1) is 14.4. The maximum Gasteiger partial charge on any atom is 0.238 e. The number of carbonyl (C=O) groups excluding carboxylic acids is 2. The number of nitrogens with one attached hydrogen (secondary N) is 1. The van der Waals surface area contributed by atoms with Crippen molar-refractivity contribution in [1.29, 1.82) is 0 Å². The second-order valence-electron chi connectivity index (χ2n) is 7.87. The van der Waals surface area contributed by atoms with Gasteiger partial charge in [-0.1, -0.05) is 29.8 Å². The zero-order valence-electron chi connectivity index (χ0n) is 17.6. The molecule has 1 N–H and O–H groups in total. The number of amides is 2. The quantitative estimate of drug-likeness (QED) is 0.759. The number of halogens is 1. The zero-order chi connectivity index (χ0) is 21.5. The van der Waals surface area contributed by atoms with Gasteiger partial charge in [0.2, 0.25) is 11.8 Å². The van der Waals surface area contributed by atoms with Crippen LogP contribution in [0.25, 0.3) is 0 Å². The van der Waals surface area contributed by atoms with E-state index >= 15 is 0 Å². The van der Waals surface area contributed by atoms with Gasteiger partial charge in [-0.25, -0.2) is 4.39 Å². The zero-order valence-corrected chi connectivity index (χ0v) is 17.6. The number of carbonyl (C=O) groups is 2. The van der Waals surface area contributed by atoms with Gasteiger partial charge >= 0.3 is 0 Å². The van der Waals surface area contributed by atoms with Crippen LogP contribution in [0.15, 0.2) is 48.5 Å². The fourth-order valence-corrected chi connectivity index (χ4v) is 3.59. The Kier molecular flexibility index (Phi) is 7.54. The molecule has 1 aliphatic rings. The lowest BCUT2D eigenvalue weighted by atomic mass is 10.1. The number of nitrogens with zero attached hydrogens (tertiary/aromatic N) is 3. The fourth-order valence-electron chi connectivity index (χ4n) is 3.59. The van der Waals surface area contributed by atoms with Gasteiger partial charge < -0.3 is 10.2 Å². The number of likely N-dealkylation sites (N-methyl/N-ethyl adjacent to an activating group) is 1. The Bertz CT molecular complexity index is 864. The third kappa shape index (κ3) is 6.64. The molecule has 0 aliphatic carbocycles. The number of benzene rings is 2. The number of anilines is 1. The van der Waals surface area contributed by atoms with Crippen LogP contribution in [0, 0.1) is 12.7 Å². The fraction of sp³-hybridized carbons (Fsp3) is 0.391. The molecule has 30 heavy (non-hydrogen) atoms. The standard InChI is InChI=1S/C23H29FN4O2/c1-18-4-3-5-19(14-18)15-27-10-12-28(13-11-27)23(30)17-26(2)16-22(29)25-21-8-6-20(24)7-9-21/h3-9,14H,10-13,15-17H2,1-2H3,(H,25,29). The smallest absolute Gasteiger partial charge is 0.238 e. The van der Waals surface area contributed by atoms with E-state index in [0.29, 0.717) is 18.8 Å². The number of aryl methyl sites for hydroxylation is 1. The summed E-state index contributed by atoms with van der Waals surface area (Å²) in [6.07, 6.45) is 0. The largest absolute Gasteiger partial charge is 0.339 e. The summed E-state index contributed by atoms with van der Waals surface area (Å²) in [5, 5.41) is 2.71. The van der Waals surface area contributed by atoms with Gasteiger partial charge in [-0.3, -0.25) is 19.4 Å². The Morgan fingerprint density at radius 1 is 1.03 bits per heavy atom. The predicted octanol–water partition coefficient (Wildman–Crippen LogP) is 2.35. The van der Waals surface area contributed by atoms with Crippen LogP contribution in [-0.2, 0) is 16.1 Å². The third-order valence-electron chi connectivity index (χ3n) is 5.16. The van der Waals surface area contributed by atoms with Crippen LogP contribution in [0.5, 0.6) is 0 Å². The lowest BCUT2D eigenvalue weighted by molar-refractivity contribution is -0.134. The van der Waals surface area contributed by atoms with E-state index in [2.05, 4.69) is 41.4 Å². The summed E-state index contributed by atoms with van der Waals surface area (Å²) in [5.74, 6) is -0.558. The highest BCUT2D eigenvalue weighted by atomic mass is 19.1. The van der Waals surface area contributed by atoms with Crippen LogP contribution < -0.4 is 5.32 Å². The van der Waals surface area contributed by atoms with Gasteiger partial charge in [0.15, 0.2) is 0 Å². The molecule has 3 rings (SSSR count). The monoisotopic (exact) mass is 412 g/mol. The minimum Gasteiger partial charge on any atom is -0.339 e. The summed E-state index contributed by atoms with van der Waals surface area (Å²) < 4.78 is 12.9. The molecule has 0 radical (unpaired) electrons. The average Bonchev–Trinajstić information content (AvgIpc) is 2.70. The van der Waals surface area contributed by atoms with Crippen molar-refractivity contribution >= 4 is 17.5 Å². The van der Waals surface area contributed by atoms with E-state index in [1.54, 1.807) is 11.9 Å². The maximum absolute atomic E-state index is 12.9. The molecule has 0 spiro atoms. The summed E-state index contributed by atoms with van der Waals surface area (Å²) in [7, 11) is 1.75. The average molecular weight is 413 g/mol. The highest BCUT2D eigenvalue weighted by Crippen LogP contribution is 2.11. The normalized spacial score (nSPS) is 14.7. The van der Waals surface area contributed by atoms with Crippen LogP contribution in [0.2, 0.25) is 0 Å². The number of piperazine rings is 1. The molecule has 2 amide bonds. The molecule has 1 aliphatic heterocycles. The van der Waals surface area contributed by atoms with Crippen molar-refractivity contribution < 1.29 is 14.0 Å². The Hall–Kier alpha value is -2.77. The molecule has 1 heterocycles. The second-order valence-corrected chi connectivity index (χ2v) is 7.87. The Balaban J connectivity index is 1.39. The van der Waals surface area contributed by atoms with E-state index in [1.165, 1.54) is 35.4 Å². The summed E-state index contributed by atoms with van der Waals surface area (Å²) in [6.45, 7) is 6.35. The minimum atomic E-state index is -0.352. The van der Waals surface area contributed by atoms with Gasteiger partial charge in [-0.2, -0.15) is 0 Å². The van der Waals surface area contributed by atoms with Crippen molar-refractivity contribution in [1.82, 2.24) is 14.7 Å². The first-order valence-electron chi connectivity index (χ1n) is 10.2. The lowest BCUT2D eigenvalue weighted by Gasteiger charge is -2.35. The molecule has 2 aromatic rings. The van der Waals surface area contributed by atoms with Crippen LogP contribution in [0.3, 0.4) is 0 Å². The van der Waals surface area contributed by atoms with Gasteiger partial charge in [-0.15, -0.1) is 0 Å². The van der Waals surface area contributed by atoms with E-state index in [-0.39, 0.29) is 30.7 Å². The summed E-state index contributed by atoms with van der Waals surface area (Å²) in [5.41, 5.74) is 3.08. The predicted molar refractivity (Wildman–Crippen MR) is 116 cm³/mol. The summed E-state index contributed by atoms with van der Waals surface area (Å²) in [4.78, 5) is 30.6. The molecule has 7 heteroatoms. The van der Waals surface area contributed by atoms with Gasteiger partial charge in [0.25, 0.3) is 0 Å². The van der Waals surface area contributed by atoms with Crippen LogP contribution in [0.1, 0.15) is 11.1 Å². The van der Waals surface area contributed by atoms with E-state index < -0.39 is 0 Å². The van der Waals surface area contributed by atoms with Crippen LogP contribution in [0.4, 0.5) is 10.1 Å². The molecule has 1 saturated heterocycles. The molecule has 1 fully saturated rings. The van der Waals surface area contributed by atoms with Crippen molar-refractivity contribution in [3.05, 3.63) is 65.5 Å². The summed E-state index contributed by atoms with van der Waals surface area (Å²) in [6, 6.07) is 14.1. The van der Waals surface area contributed by atoms with Crippen LogP contribution >= 0.6 is 0 Å². The molecule has 0 atom stereocenters. The number of hydrogen-bond donors (Lipinski definition) is 1. The van der Waals surface area contributed by atoms with Crippen molar-refractivity contribution in [3.63, 3.8) is 0 Å². The number of hydrogen-bond acceptors (Lipinski definition) is 4. The van der Waals surface area contributed by atoms with Gasteiger partial charge in [0.05, 0.1) is 13.1 Å². The molecule has 160 valence electrons. The van der Waals surface area contributed by atoms with Crippen LogP contribution in [-0.4, -0.2) is 72.8 Å². The molecule has 2 aromatic carbocycles. The Labute approximate surface area is 177 Å². The first-order valence-corrected chi connectivity index (χ1v) is 10.2. The van der Waals surface area contributed by atoms with Crippen molar-refractivity contribution in [2.24, 2.45) is 0 Å². The highest BCUT2D eigenvalue weighted by molar-refractivity contribution is 5.92. The minimum absolute atomic E-state index is 0.0299. The lowest BCUT2D eigenvalue weighted by Crippen LogP contribution is -2.51. The van der Waals surface area contributed by atoms with Gasteiger partial charge in [0.1, 0.15) is 5.82 Å². The molecule has 0 aromatic heterocycles. The van der Waals surface area contributed by atoms with E-state index in [4.69, 9.17) is 0 Å². The molecule has 6 nitrogen and oxygen atoms in total. The van der Waals surface area contributed by atoms with E-state index in [0.717, 1.165) is 19.6 Å². The van der Waals surface area contributed by atoms with Gasteiger partial charge in [-0.05, 0) is 43.8 Å². The van der Waals surface area contributed by atoms with E-state index in [9.17, 15) is 14.0 Å². The Morgan fingerprint density at radius 3 is 2.40 bits per heavy atom. The Morgan fingerprint density at radius 2 is 1.73 bits per heavy atom. The SMILES string of the molecule is Cc1cccc(CN2CCN(C(=O)CN(C)CC(=O)Nc3ccc(F)cc3)CC2)c1. The molecule has 0 bridgehead atoms. The van der Waals surface area contributed by atoms with Crippen molar-refractivity contribution in [3.8, 4) is 0 Å². The topological polar surface area (TPSA) is 55.9 Å². The third-order valence-corrected chi connectivity index (χ3v) is 5.16. The van der Waals surface area contributed by atoms with E-state index in [1.807, 2.05) is 4.90 Å². The van der Waals surface area contributed by atoms with Crippen molar-refractivity contribution in [2.45, 2.75) is 13.5 Å². The second kappa shape index (κ2) is 10.3. The first kappa shape index (κ1) is 21.9. The molecular weight excluding hydrogens is 383 g/mol. The molecular formula is C23H29FN4O2. The highest BCUT2D eigenvalue weighted by Gasteiger charge is 2.22.